The molecule has 0 fully saturated rings. The number of unbranched alkanes of at least 4 members (excludes halogenated alkanes) is 39. The molecule has 0 rings (SSSR count). The van der Waals surface area contributed by atoms with E-state index in [1.54, 1.807) is 6.08 Å². The van der Waals surface area contributed by atoms with Crippen molar-refractivity contribution in [1.29, 1.82) is 0 Å². The molecule has 0 aromatic heterocycles. The van der Waals surface area contributed by atoms with Gasteiger partial charge in [-0.2, -0.15) is 0 Å². The summed E-state index contributed by atoms with van der Waals surface area (Å²) in [7, 11) is 1.59. The zero-order valence-corrected chi connectivity index (χ0v) is 44.4. The van der Waals surface area contributed by atoms with Crippen LogP contribution in [0.2, 0.25) is 0 Å². The molecule has 0 radical (unpaired) electrons. The maximum atomic E-state index is 12.9. The van der Waals surface area contributed by atoms with E-state index in [0.29, 0.717) is 17.4 Å². The number of carbonyl (C=O) groups excluding carboxylic acids is 1. The standard InChI is InChI=1S/C55H111N2O6P/c1-6-8-10-12-14-16-18-20-21-22-23-24-25-26-27-28-29-30-31-32-33-34-35-37-38-40-42-44-46-48-54(58)53(52-63-64(60,61)62-51-50-57(3,4)5)56-55(59)49-47-45-43-41-39-36-19-17-15-13-11-9-7-2/h46,48,53-54,58H,6-45,47,49-52H2,1-5H3,(H-,56,59,60,61)/p+1/b48-46+. The smallest absolute Gasteiger partial charge is 0.387 e. The molecule has 0 saturated carbocycles. The lowest BCUT2D eigenvalue weighted by Crippen LogP contribution is -2.45. The van der Waals surface area contributed by atoms with Crippen LogP contribution in [0.1, 0.15) is 284 Å². The Morgan fingerprint density at radius 3 is 1.16 bits per heavy atom. The van der Waals surface area contributed by atoms with Crippen molar-refractivity contribution in [3.8, 4) is 0 Å². The van der Waals surface area contributed by atoms with Crippen molar-refractivity contribution in [3.63, 3.8) is 0 Å². The molecule has 0 bridgehead atoms. The number of phosphoric acid groups is 1. The Labute approximate surface area is 399 Å². The summed E-state index contributed by atoms with van der Waals surface area (Å²) < 4.78 is 23.7. The lowest BCUT2D eigenvalue weighted by atomic mass is 10.0. The summed E-state index contributed by atoms with van der Waals surface area (Å²) in [5.41, 5.74) is 0. The van der Waals surface area contributed by atoms with Gasteiger partial charge in [-0.3, -0.25) is 13.8 Å². The van der Waals surface area contributed by atoms with Crippen LogP contribution in [0.15, 0.2) is 12.2 Å². The van der Waals surface area contributed by atoms with Gasteiger partial charge >= 0.3 is 7.82 Å². The van der Waals surface area contributed by atoms with Crippen molar-refractivity contribution in [2.24, 2.45) is 0 Å². The Bertz CT molecular complexity index is 1050. The van der Waals surface area contributed by atoms with Crippen LogP contribution in [0, 0.1) is 0 Å². The number of carbonyl (C=O) groups is 1. The van der Waals surface area contributed by atoms with Crippen LogP contribution in [0.4, 0.5) is 0 Å². The van der Waals surface area contributed by atoms with Crippen LogP contribution in [-0.4, -0.2) is 73.4 Å². The first-order chi connectivity index (χ1) is 31.0. The summed E-state index contributed by atoms with van der Waals surface area (Å²) >= 11 is 0. The molecule has 9 heteroatoms. The molecule has 0 spiro atoms. The fourth-order valence-electron chi connectivity index (χ4n) is 8.57. The average molecular weight is 928 g/mol. The zero-order chi connectivity index (χ0) is 47.1. The highest BCUT2D eigenvalue weighted by molar-refractivity contribution is 7.47. The van der Waals surface area contributed by atoms with Gasteiger partial charge in [0.15, 0.2) is 0 Å². The van der Waals surface area contributed by atoms with E-state index in [1.165, 1.54) is 231 Å². The highest BCUT2D eigenvalue weighted by atomic mass is 31.2. The van der Waals surface area contributed by atoms with Crippen molar-refractivity contribution in [2.75, 3.05) is 40.9 Å². The molecule has 3 unspecified atom stereocenters. The van der Waals surface area contributed by atoms with Gasteiger partial charge in [-0.1, -0.05) is 270 Å². The quantitative estimate of drug-likeness (QED) is 0.0243. The number of phosphoric ester groups is 1. The summed E-state index contributed by atoms with van der Waals surface area (Å²) in [4.78, 5) is 23.2. The highest BCUT2D eigenvalue weighted by Crippen LogP contribution is 2.43. The third-order valence-electron chi connectivity index (χ3n) is 13.0. The third kappa shape index (κ3) is 49.2. The molecule has 0 aromatic rings. The zero-order valence-electron chi connectivity index (χ0n) is 43.6. The van der Waals surface area contributed by atoms with Crippen LogP contribution < -0.4 is 5.32 Å². The average Bonchev–Trinajstić information content (AvgIpc) is 3.25. The molecule has 0 heterocycles. The maximum Gasteiger partial charge on any atom is 0.472 e. The van der Waals surface area contributed by atoms with Gasteiger partial charge in [0.1, 0.15) is 13.2 Å². The molecule has 0 saturated heterocycles. The highest BCUT2D eigenvalue weighted by Gasteiger charge is 2.27. The molecule has 0 aliphatic carbocycles. The minimum Gasteiger partial charge on any atom is -0.387 e. The summed E-state index contributed by atoms with van der Waals surface area (Å²) in [5.74, 6) is -0.173. The van der Waals surface area contributed by atoms with Crippen LogP contribution >= 0.6 is 7.82 Å². The number of rotatable bonds is 52. The van der Waals surface area contributed by atoms with Gasteiger partial charge in [-0.05, 0) is 19.3 Å². The van der Waals surface area contributed by atoms with Gasteiger partial charge in [0.2, 0.25) is 5.91 Å². The predicted molar refractivity (Wildman–Crippen MR) is 277 cm³/mol. The monoisotopic (exact) mass is 928 g/mol. The van der Waals surface area contributed by atoms with E-state index in [9.17, 15) is 19.4 Å². The third-order valence-corrected chi connectivity index (χ3v) is 14.0. The number of likely N-dealkylation sites (N-methyl/N-ethyl adjacent to an activating group) is 1. The second-order valence-corrected chi connectivity index (χ2v) is 22.1. The number of hydrogen-bond acceptors (Lipinski definition) is 5. The van der Waals surface area contributed by atoms with Gasteiger partial charge in [0.25, 0.3) is 0 Å². The number of aliphatic hydroxyl groups excluding tert-OH is 1. The minimum atomic E-state index is -4.34. The first-order valence-electron chi connectivity index (χ1n) is 28.1. The van der Waals surface area contributed by atoms with E-state index >= 15 is 0 Å². The van der Waals surface area contributed by atoms with Crippen LogP contribution in [0.5, 0.6) is 0 Å². The topological polar surface area (TPSA) is 105 Å². The molecule has 3 atom stereocenters. The molecular formula is C55H112N2O6P+. The fraction of sp³-hybridized carbons (Fsp3) is 0.945. The number of quaternary nitrogens is 1. The normalized spacial score (nSPS) is 14.0. The van der Waals surface area contributed by atoms with Gasteiger partial charge < -0.3 is 19.8 Å². The van der Waals surface area contributed by atoms with Crippen LogP contribution in [0.3, 0.4) is 0 Å². The number of aliphatic hydroxyl groups is 1. The number of amides is 1. The first kappa shape index (κ1) is 63.2. The number of hydrogen-bond donors (Lipinski definition) is 3. The van der Waals surface area contributed by atoms with Crippen LogP contribution in [0.25, 0.3) is 0 Å². The number of nitrogens with one attached hydrogen (secondary N) is 1. The van der Waals surface area contributed by atoms with E-state index in [2.05, 4.69) is 19.2 Å². The second-order valence-electron chi connectivity index (χ2n) is 20.7. The lowest BCUT2D eigenvalue weighted by Gasteiger charge is -2.25. The largest absolute Gasteiger partial charge is 0.472 e. The number of nitrogens with zero attached hydrogens (tertiary/aromatic N) is 1. The van der Waals surface area contributed by atoms with Crippen molar-refractivity contribution in [1.82, 2.24) is 5.32 Å². The minimum absolute atomic E-state index is 0.0649. The van der Waals surface area contributed by atoms with Gasteiger partial charge in [0, 0.05) is 6.42 Å². The lowest BCUT2D eigenvalue weighted by molar-refractivity contribution is -0.870. The second kappa shape index (κ2) is 47.3. The molecule has 0 aliphatic rings. The molecular weight excluding hydrogens is 816 g/mol. The molecule has 0 aliphatic heterocycles. The summed E-state index contributed by atoms with van der Waals surface area (Å²) in [5, 5.41) is 13.9. The molecule has 382 valence electrons. The first-order valence-corrected chi connectivity index (χ1v) is 29.6. The van der Waals surface area contributed by atoms with E-state index in [4.69, 9.17) is 9.05 Å². The van der Waals surface area contributed by atoms with Crippen molar-refractivity contribution in [3.05, 3.63) is 12.2 Å². The summed E-state index contributed by atoms with van der Waals surface area (Å²) in [6.45, 7) is 4.85. The molecule has 64 heavy (non-hydrogen) atoms. The van der Waals surface area contributed by atoms with Gasteiger partial charge in [-0.25, -0.2) is 4.57 Å². The Morgan fingerprint density at radius 1 is 0.516 bits per heavy atom. The van der Waals surface area contributed by atoms with E-state index < -0.39 is 20.0 Å². The molecule has 8 nitrogen and oxygen atoms in total. The SMILES string of the molecule is CCCCCCCCCCCCCCCCCCCCCCCCCCCCC/C=C/C(O)C(COP(=O)(O)OCC[N+](C)(C)C)NC(=O)CCCCCCCCCCCCCCC. The van der Waals surface area contributed by atoms with E-state index in [0.717, 1.165) is 32.1 Å². The Morgan fingerprint density at radius 2 is 0.828 bits per heavy atom. The molecule has 1 amide bonds. The fourth-order valence-corrected chi connectivity index (χ4v) is 9.31. The Kier molecular flexibility index (Phi) is 46.8. The predicted octanol–water partition coefficient (Wildman–Crippen LogP) is 16.7. The van der Waals surface area contributed by atoms with Crippen molar-refractivity contribution in [2.45, 2.75) is 296 Å². The van der Waals surface area contributed by atoms with Gasteiger partial charge in [-0.15, -0.1) is 0 Å². The van der Waals surface area contributed by atoms with Gasteiger partial charge in [0.05, 0.1) is 39.9 Å². The molecule has 0 aromatic carbocycles. The molecule has 3 N–H and O–H groups in total. The Balaban J connectivity index is 4.09. The van der Waals surface area contributed by atoms with Crippen molar-refractivity contribution >= 4 is 13.7 Å². The van der Waals surface area contributed by atoms with Crippen LogP contribution in [-0.2, 0) is 18.4 Å². The maximum absolute atomic E-state index is 12.9. The van der Waals surface area contributed by atoms with E-state index in [1.807, 2.05) is 27.2 Å². The number of allylic oxidation sites excluding steroid dienone is 1. The van der Waals surface area contributed by atoms with E-state index in [-0.39, 0.29) is 19.1 Å². The summed E-state index contributed by atoms with van der Waals surface area (Å²) in [6, 6.07) is -0.841. The summed E-state index contributed by atoms with van der Waals surface area (Å²) in [6.07, 6.45) is 57.4. The van der Waals surface area contributed by atoms with Crippen molar-refractivity contribution < 1.29 is 32.9 Å². The Hall–Kier alpha value is -0.760.